The van der Waals surface area contributed by atoms with Crippen molar-refractivity contribution in [2.45, 2.75) is 58.0 Å². The molecule has 4 rings (SSSR count). The Kier molecular flexibility index (Phi) is 9.13. The molecule has 2 saturated heterocycles. The van der Waals surface area contributed by atoms with Crippen molar-refractivity contribution in [3.05, 3.63) is 48.0 Å². The Morgan fingerprint density at radius 3 is 2.65 bits per heavy atom. The zero-order valence-corrected chi connectivity index (χ0v) is 22.0. The number of nitrogens with zero attached hydrogens (tertiary/aromatic N) is 3. The minimum Gasteiger partial charge on any atom is -0.443 e. The highest BCUT2D eigenvalue weighted by Gasteiger charge is 2.45. The predicted octanol–water partition coefficient (Wildman–Crippen LogP) is 3.18. The fourth-order valence-corrected chi connectivity index (χ4v) is 5.19. The number of nitrogens with one attached hydrogen (secondary N) is 1. The molecule has 37 heavy (non-hydrogen) atoms. The molecule has 2 amide bonds. The molecule has 2 heterocycles. The Morgan fingerprint density at radius 2 is 1.92 bits per heavy atom. The Labute approximate surface area is 218 Å². The lowest BCUT2D eigenvalue weighted by atomic mass is 10.0. The first-order chi connectivity index (χ1) is 17.9. The third-order valence-corrected chi connectivity index (χ3v) is 7.18. The maximum atomic E-state index is 13.5. The van der Waals surface area contributed by atoms with Gasteiger partial charge in [0.05, 0.1) is 6.54 Å². The van der Waals surface area contributed by atoms with Crippen molar-refractivity contribution in [3.8, 4) is 0 Å². The van der Waals surface area contributed by atoms with Crippen molar-refractivity contribution < 1.29 is 24.0 Å². The zero-order chi connectivity index (χ0) is 26.4. The molecular formula is C28H38N4O5. The van der Waals surface area contributed by atoms with Gasteiger partial charge >= 0.3 is 6.09 Å². The molecule has 2 aliphatic heterocycles. The summed E-state index contributed by atoms with van der Waals surface area (Å²) in [5.74, 6) is -0.114. The van der Waals surface area contributed by atoms with E-state index in [1.54, 1.807) is 0 Å². The van der Waals surface area contributed by atoms with E-state index in [-0.39, 0.29) is 25.0 Å². The molecule has 0 spiro atoms. The highest BCUT2D eigenvalue weighted by molar-refractivity contribution is 5.86. The molecule has 2 atom stereocenters. The predicted molar refractivity (Wildman–Crippen MR) is 140 cm³/mol. The summed E-state index contributed by atoms with van der Waals surface area (Å²) in [6.07, 6.45) is 0.756. The Bertz CT molecular complexity index is 1080. The first kappa shape index (κ1) is 27.0. The van der Waals surface area contributed by atoms with E-state index in [1.165, 1.54) is 9.96 Å². The van der Waals surface area contributed by atoms with Crippen LogP contribution in [0.2, 0.25) is 0 Å². The van der Waals surface area contributed by atoms with Crippen LogP contribution >= 0.6 is 0 Å². The molecule has 0 bridgehead atoms. The summed E-state index contributed by atoms with van der Waals surface area (Å²) < 4.78 is 5.76. The number of benzene rings is 2. The second-order valence-electron chi connectivity index (χ2n) is 10.3. The number of ether oxygens (including phenoxy) is 1. The van der Waals surface area contributed by atoms with Gasteiger partial charge in [-0.05, 0) is 61.7 Å². The van der Waals surface area contributed by atoms with E-state index in [2.05, 4.69) is 10.2 Å². The van der Waals surface area contributed by atoms with Crippen LogP contribution in [0.1, 0.15) is 38.7 Å². The van der Waals surface area contributed by atoms with Gasteiger partial charge in [-0.25, -0.2) is 4.79 Å². The Balaban J connectivity index is 1.57. The zero-order valence-electron chi connectivity index (χ0n) is 22.0. The third kappa shape index (κ3) is 6.47. The third-order valence-electron chi connectivity index (χ3n) is 7.18. The van der Waals surface area contributed by atoms with E-state index < -0.39 is 18.4 Å². The molecule has 200 valence electrons. The van der Waals surface area contributed by atoms with E-state index in [9.17, 15) is 14.4 Å². The van der Waals surface area contributed by atoms with E-state index in [0.717, 1.165) is 42.3 Å². The van der Waals surface area contributed by atoms with Crippen LogP contribution in [0.15, 0.2) is 42.5 Å². The van der Waals surface area contributed by atoms with E-state index >= 15 is 0 Å². The summed E-state index contributed by atoms with van der Waals surface area (Å²) >= 11 is 0. The quantitative estimate of drug-likeness (QED) is 0.518. The average Bonchev–Trinajstić information content (AvgIpc) is 2.91. The summed E-state index contributed by atoms with van der Waals surface area (Å²) in [5.41, 5.74) is 0.881. The average molecular weight is 511 g/mol. The highest BCUT2D eigenvalue weighted by Crippen LogP contribution is 2.26. The minimum absolute atomic E-state index is 0.0629. The molecule has 2 aromatic rings. The molecule has 0 saturated carbocycles. The smallest absolute Gasteiger partial charge is 0.436 e. The Morgan fingerprint density at radius 1 is 1.19 bits per heavy atom. The summed E-state index contributed by atoms with van der Waals surface area (Å²) in [6.45, 7) is 6.10. The highest BCUT2D eigenvalue weighted by atomic mass is 16.7. The van der Waals surface area contributed by atoms with Crippen molar-refractivity contribution in [1.29, 1.82) is 0 Å². The molecular weight excluding hydrogens is 472 g/mol. The summed E-state index contributed by atoms with van der Waals surface area (Å²) in [6, 6.07) is 14.1. The molecule has 1 N–H and O–H groups in total. The lowest BCUT2D eigenvalue weighted by Gasteiger charge is -2.46. The summed E-state index contributed by atoms with van der Waals surface area (Å²) in [4.78, 5) is 48.1. The van der Waals surface area contributed by atoms with Gasteiger partial charge in [0.15, 0.2) is 6.10 Å². The van der Waals surface area contributed by atoms with Crippen LogP contribution in [0.3, 0.4) is 0 Å². The van der Waals surface area contributed by atoms with Gasteiger partial charge in [0, 0.05) is 12.6 Å². The molecule has 9 nitrogen and oxygen atoms in total. The summed E-state index contributed by atoms with van der Waals surface area (Å²) in [7, 11) is 1.99. The summed E-state index contributed by atoms with van der Waals surface area (Å²) in [5, 5.41) is 6.61. The van der Waals surface area contributed by atoms with Crippen molar-refractivity contribution >= 4 is 29.1 Å². The number of carbonyl (C=O) groups excluding carboxylic acids is 3. The van der Waals surface area contributed by atoms with Gasteiger partial charge in [0.1, 0.15) is 19.1 Å². The first-order valence-electron chi connectivity index (χ1n) is 13.1. The lowest BCUT2D eigenvalue weighted by Crippen LogP contribution is -2.66. The van der Waals surface area contributed by atoms with E-state index in [0.29, 0.717) is 25.3 Å². The normalized spacial score (nSPS) is 21.2. The lowest BCUT2D eigenvalue weighted by molar-refractivity contribution is -0.258. The molecule has 0 aliphatic carbocycles. The van der Waals surface area contributed by atoms with Gasteiger partial charge in [0.25, 0.3) is 5.91 Å². The number of amides is 2. The van der Waals surface area contributed by atoms with Gasteiger partial charge in [-0.3, -0.25) is 14.5 Å². The van der Waals surface area contributed by atoms with Crippen LogP contribution in [-0.4, -0.2) is 84.7 Å². The number of likely N-dealkylation sites (N-methyl/N-ethyl adjacent to an activating group) is 1. The number of carbonyl (C=O) groups is 3. The SMILES string of the molecule is CC(C)CC1ON(C(=O)OCc2cccc3ccccc23)C(CN(C)C2CCNCC2)N(CC=O)C1=O. The number of fused-ring (bicyclic) bond motifs is 1. The monoisotopic (exact) mass is 510 g/mol. The van der Waals surface area contributed by atoms with Gasteiger partial charge in [-0.2, -0.15) is 5.06 Å². The Hall–Kier alpha value is -3.01. The number of hydrogen-bond acceptors (Lipinski definition) is 7. The van der Waals surface area contributed by atoms with Gasteiger partial charge in [-0.1, -0.05) is 56.3 Å². The molecule has 9 heteroatoms. The molecule has 2 unspecified atom stereocenters. The van der Waals surface area contributed by atoms with Gasteiger partial charge < -0.3 is 19.7 Å². The van der Waals surface area contributed by atoms with Crippen LogP contribution < -0.4 is 5.32 Å². The maximum Gasteiger partial charge on any atom is 0.436 e. The fraction of sp³-hybridized carbons (Fsp3) is 0.536. The second-order valence-corrected chi connectivity index (χ2v) is 10.3. The van der Waals surface area contributed by atoms with Crippen LogP contribution in [0.4, 0.5) is 4.79 Å². The van der Waals surface area contributed by atoms with E-state index in [4.69, 9.17) is 9.57 Å². The second kappa shape index (κ2) is 12.5. The molecule has 2 fully saturated rings. The van der Waals surface area contributed by atoms with Crippen LogP contribution in [0, 0.1) is 5.92 Å². The number of hydrogen-bond donors (Lipinski definition) is 1. The van der Waals surface area contributed by atoms with Crippen molar-refractivity contribution in [3.63, 3.8) is 0 Å². The van der Waals surface area contributed by atoms with Crippen LogP contribution in [0.5, 0.6) is 0 Å². The van der Waals surface area contributed by atoms with Crippen LogP contribution in [0.25, 0.3) is 10.8 Å². The number of aldehydes is 1. The van der Waals surface area contributed by atoms with E-state index in [1.807, 2.05) is 63.4 Å². The topological polar surface area (TPSA) is 91.4 Å². The van der Waals surface area contributed by atoms with Crippen LogP contribution in [-0.2, 0) is 25.8 Å². The number of hydroxylamine groups is 2. The van der Waals surface area contributed by atoms with Crippen molar-refractivity contribution in [2.75, 3.05) is 33.2 Å². The molecule has 2 aromatic carbocycles. The van der Waals surface area contributed by atoms with Gasteiger partial charge in [0.2, 0.25) is 0 Å². The van der Waals surface area contributed by atoms with Crippen molar-refractivity contribution in [1.82, 2.24) is 20.2 Å². The first-order valence-corrected chi connectivity index (χ1v) is 13.1. The molecule has 0 radical (unpaired) electrons. The molecule has 0 aromatic heterocycles. The maximum absolute atomic E-state index is 13.5. The largest absolute Gasteiger partial charge is 0.443 e. The molecule has 2 aliphatic rings. The minimum atomic E-state index is -0.856. The van der Waals surface area contributed by atoms with Gasteiger partial charge in [-0.15, -0.1) is 0 Å². The number of rotatable bonds is 9. The fourth-order valence-electron chi connectivity index (χ4n) is 5.19. The van der Waals surface area contributed by atoms with Crippen molar-refractivity contribution in [2.24, 2.45) is 5.92 Å². The standard InChI is InChI=1S/C28H38N4O5/c1-20(2)17-25-27(34)31(15-16-33)26(18-30(3)23-11-13-29-14-12-23)32(37-25)28(35)36-19-22-9-6-8-21-7-4-5-10-24(21)22/h4-10,16,20,23,25-26,29H,11-15,17-19H2,1-3H3. The number of piperidine rings is 1.